The van der Waals surface area contributed by atoms with Crippen LogP contribution in [0.3, 0.4) is 0 Å². The van der Waals surface area contributed by atoms with E-state index >= 15 is 0 Å². The molecule has 27 heavy (non-hydrogen) atoms. The Bertz CT molecular complexity index is 916. The van der Waals surface area contributed by atoms with Crippen LogP contribution in [0.4, 0.5) is 17.1 Å². The standard InChI is InChI=1S/C18H16N4O5/c1-26-16-8-5-14(9-17(16)27-2)21-18(23)12(10-19)11-20-13-3-6-15(7-4-13)22(24)25/h3-9,11,20H,1-2H3,(H,21,23)/b12-11-. The zero-order valence-corrected chi connectivity index (χ0v) is 14.6. The van der Waals surface area contributed by atoms with E-state index in [0.29, 0.717) is 22.9 Å². The molecule has 2 rings (SSSR count). The van der Waals surface area contributed by atoms with Crippen molar-refractivity contribution in [3.63, 3.8) is 0 Å². The van der Waals surface area contributed by atoms with E-state index < -0.39 is 10.8 Å². The van der Waals surface area contributed by atoms with Crippen LogP contribution in [0.15, 0.2) is 54.2 Å². The summed E-state index contributed by atoms with van der Waals surface area (Å²) in [5.41, 5.74) is 0.681. The number of benzene rings is 2. The minimum absolute atomic E-state index is 0.0590. The Hall–Kier alpha value is -4.06. The number of nitro groups is 1. The van der Waals surface area contributed by atoms with E-state index in [1.165, 1.54) is 44.7 Å². The second-order valence-corrected chi connectivity index (χ2v) is 5.14. The molecule has 2 aromatic rings. The van der Waals surface area contributed by atoms with Gasteiger partial charge in [0.2, 0.25) is 0 Å². The van der Waals surface area contributed by atoms with Crippen molar-refractivity contribution in [1.29, 1.82) is 5.26 Å². The molecule has 0 atom stereocenters. The molecule has 0 aromatic heterocycles. The van der Waals surface area contributed by atoms with Gasteiger partial charge in [0, 0.05) is 35.8 Å². The summed E-state index contributed by atoms with van der Waals surface area (Å²) < 4.78 is 10.3. The van der Waals surface area contributed by atoms with Gasteiger partial charge in [0.15, 0.2) is 11.5 Å². The van der Waals surface area contributed by atoms with Crippen molar-refractivity contribution in [2.24, 2.45) is 0 Å². The van der Waals surface area contributed by atoms with Crippen LogP contribution >= 0.6 is 0 Å². The van der Waals surface area contributed by atoms with Crippen LogP contribution in [0, 0.1) is 21.4 Å². The van der Waals surface area contributed by atoms with E-state index in [4.69, 9.17) is 9.47 Å². The maximum atomic E-state index is 12.3. The third kappa shape index (κ3) is 4.96. The van der Waals surface area contributed by atoms with Gasteiger partial charge in [-0.05, 0) is 24.3 Å². The van der Waals surface area contributed by atoms with Gasteiger partial charge in [-0.2, -0.15) is 5.26 Å². The Kier molecular flexibility index (Phi) is 6.33. The molecule has 2 N–H and O–H groups in total. The van der Waals surface area contributed by atoms with Crippen LogP contribution < -0.4 is 20.1 Å². The molecule has 0 aliphatic rings. The minimum Gasteiger partial charge on any atom is -0.493 e. The molecule has 2 aromatic carbocycles. The lowest BCUT2D eigenvalue weighted by Gasteiger charge is -2.10. The van der Waals surface area contributed by atoms with Gasteiger partial charge in [0.1, 0.15) is 11.6 Å². The number of non-ortho nitro benzene ring substituents is 1. The second-order valence-electron chi connectivity index (χ2n) is 5.14. The third-order valence-electron chi connectivity index (χ3n) is 3.47. The van der Waals surface area contributed by atoms with Crippen LogP contribution in [0.25, 0.3) is 0 Å². The number of carbonyl (C=O) groups is 1. The van der Waals surface area contributed by atoms with E-state index in [2.05, 4.69) is 10.6 Å². The van der Waals surface area contributed by atoms with E-state index in [-0.39, 0.29) is 11.3 Å². The average molecular weight is 368 g/mol. The zero-order valence-electron chi connectivity index (χ0n) is 14.6. The largest absolute Gasteiger partial charge is 0.493 e. The highest BCUT2D eigenvalue weighted by molar-refractivity contribution is 6.06. The number of nitro benzene ring substituents is 1. The first kappa shape index (κ1) is 19.3. The number of ether oxygens (including phenoxy) is 2. The summed E-state index contributed by atoms with van der Waals surface area (Å²) in [4.78, 5) is 22.4. The van der Waals surface area contributed by atoms with Crippen LogP contribution in [0.5, 0.6) is 11.5 Å². The summed E-state index contributed by atoms with van der Waals surface area (Å²) in [6, 6.07) is 12.2. The molecule has 0 heterocycles. The summed E-state index contributed by atoms with van der Waals surface area (Å²) >= 11 is 0. The van der Waals surface area contributed by atoms with Crippen molar-refractivity contribution >= 4 is 23.0 Å². The summed E-state index contributed by atoms with van der Waals surface area (Å²) in [6.07, 6.45) is 1.22. The Labute approximate surface area is 155 Å². The van der Waals surface area contributed by atoms with Gasteiger partial charge >= 0.3 is 0 Å². The molecule has 0 saturated carbocycles. The molecule has 1 amide bonds. The normalized spacial score (nSPS) is 10.5. The molecule has 138 valence electrons. The van der Waals surface area contributed by atoms with Crippen LogP contribution in [-0.2, 0) is 4.79 Å². The summed E-state index contributed by atoms with van der Waals surface area (Å²) in [7, 11) is 2.97. The Morgan fingerprint density at radius 2 is 1.74 bits per heavy atom. The Morgan fingerprint density at radius 1 is 1.11 bits per heavy atom. The van der Waals surface area contributed by atoms with E-state index in [1.54, 1.807) is 24.3 Å². The van der Waals surface area contributed by atoms with Gasteiger partial charge in [-0.3, -0.25) is 14.9 Å². The number of anilines is 2. The molecule has 0 fully saturated rings. The van der Waals surface area contributed by atoms with Gasteiger partial charge < -0.3 is 20.1 Å². The number of hydrogen-bond acceptors (Lipinski definition) is 7. The van der Waals surface area contributed by atoms with E-state index in [9.17, 15) is 20.2 Å². The zero-order chi connectivity index (χ0) is 19.8. The molecular weight excluding hydrogens is 352 g/mol. The monoisotopic (exact) mass is 368 g/mol. The molecular formula is C18H16N4O5. The van der Waals surface area contributed by atoms with Crippen molar-refractivity contribution in [2.45, 2.75) is 0 Å². The summed E-state index contributed by atoms with van der Waals surface area (Å²) in [6.45, 7) is 0. The number of nitriles is 1. The summed E-state index contributed by atoms with van der Waals surface area (Å²) in [5.74, 6) is 0.312. The second kappa shape index (κ2) is 8.87. The lowest BCUT2D eigenvalue weighted by molar-refractivity contribution is -0.384. The molecule has 9 nitrogen and oxygen atoms in total. The van der Waals surface area contributed by atoms with Crippen molar-refractivity contribution in [2.75, 3.05) is 24.9 Å². The maximum Gasteiger partial charge on any atom is 0.269 e. The smallest absolute Gasteiger partial charge is 0.269 e. The molecule has 9 heteroatoms. The lowest BCUT2D eigenvalue weighted by atomic mass is 10.2. The van der Waals surface area contributed by atoms with Gasteiger partial charge in [-0.15, -0.1) is 0 Å². The van der Waals surface area contributed by atoms with E-state index in [0.717, 1.165) is 0 Å². The van der Waals surface area contributed by atoms with Gasteiger partial charge in [-0.25, -0.2) is 0 Å². The highest BCUT2D eigenvalue weighted by Gasteiger charge is 2.12. The van der Waals surface area contributed by atoms with Gasteiger partial charge in [-0.1, -0.05) is 0 Å². The number of nitrogens with one attached hydrogen (secondary N) is 2. The molecule has 0 unspecified atom stereocenters. The van der Waals surface area contributed by atoms with Crippen molar-refractivity contribution in [3.8, 4) is 17.6 Å². The highest BCUT2D eigenvalue weighted by atomic mass is 16.6. The Balaban J connectivity index is 2.10. The number of rotatable bonds is 7. The van der Waals surface area contributed by atoms with Gasteiger partial charge in [0.05, 0.1) is 19.1 Å². The molecule has 0 spiro atoms. The third-order valence-corrected chi connectivity index (χ3v) is 3.47. The fourth-order valence-electron chi connectivity index (χ4n) is 2.10. The molecule has 0 bridgehead atoms. The number of hydrogen-bond donors (Lipinski definition) is 2. The minimum atomic E-state index is -0.626. The SMILES string of the molecule is COc1ccc(NC(=O)/C(C#N)=C\Nc2ccc([N+](=O)[O-])cc2)cc1OC. The van der Waals surface area contributed by atoms with E-state index in [1.807, 2.05) is 0 Å². The number of amides is 1. The van der Waals surface area contributed by atoms with Gasteiger partial charge in [0.25, 0.3) is 11.6 Å². The topological polar surface area (TPSA) is 127 Å². The van der Waals surface area contributed by atoms with Crippen molar-refractivity contribution in [1.82, 2.24) is 0 Å². The average Bonchev–Trinajstić information content (AvgIpc) is 2.68. The first-order chi connectivity index (χ1) is 13.0. The van der Waals surface area contributed by atoms with Crippen LogP contribution in [0.1, 0.15) is 0 Å². The maximum absolute atomic E-state index is 12.3. The fraction of sp³-hybridized carbons (Fsp3) is 0.111. The van der Waals surface area contributed by atoms with Crippen LogP contribution in [0.2, 0.25) is 0 Å². The molecule has 0 saturated heterocycles. The first-order valence-corrected chi connectivity index (χ1v) is 7.63. The predicted molar refractivity (Wildman–Crippen MR) is 98.6 cm³/mol. The highest BCUT2D eigenvalue weighted by Crippen LogP contribution is 2.29. The van der Waals surface area contributed by atoms with Crippen molar-refractivity contribution < 1.29 is 19.2 Å². The molecule has 0 aliphatic carbocycles. The number of carbonyl (C=O) groups excluding carboxylic acids is 1. The quantitative estimate of drug-likeness (QED) is 0.333. The number of nitrogens with zero attached hydrogens (tertiary/aromatic N) is 2. The first-order valence-electron chi connectivity index (χ1n) is 7.63. The fourth-order valence-corrected chi connectivity index (χ4v) is 2.10. The predicted octanol–water partition coefficient (Wildman–Crippen LogP) is 3.07. The van der Waals surface area contributed by atoms with Crippen molar-refractivity contribution in [3.05, 3.63) is 64.4 Å². The number of methoxy groups -OCH3 is 2. The summed E-state index contributed by atoms with van der Waals surface area (Å²) in [5, 5.41) is 25.2. The van der Waals surface area contributed by atoms with Crippen LogP contribution in [-0.4, -0.2) is 25.1 Å². The Morgan fingerprint density at radius 3 is 2.30 bits per heavy atom. The lowest BCUT2D eigenvalue weighted by Crippen LogP contribution is -2.14. The molecule has 0 radical (unpaired) electrons. The molecule has 0 aliphatic heterocycles.